The van der Waals surface area contributed by atoms with E-state index in [-0.39, 0.29) is 6.61 Å². The summed E-state index contributed by atoms with van der Waals surface area (Å²) in [6, 6.07) is 2.16. The summed E-state index contributed by atoms with van der Waals surface area (Å²) in [5.74, 6) is 1.49. The maximum Gasteiger partial charge on any atom is 0.225 e. The van der Waals surface area contributed by atoms with Gasteiger partial charge in [-0.15, -0.1) is 11.3 Å². The zero-order chi connectivity index (χ0) is 15.1. The molecule has 3 N–H and O–H groups in total. The fourth-order valence-corrected chi connectivity index (χ4v) is 2.91. The number of fused-ring (bicyclic) bond motifs is 1. The Kier molecular flexibility index (Phi) is 6.16. The molecule has 7 heteroatoms. The average molecular weight is 310 g/mol. The summed E-state index contributed by atoms with van der Waals surface area (Å²) in [6.45, 7) is 4.01. The second kappa shape index (κ2) is 8.11. The van der Waals surface area contributed by atoms with E-state index in [4.69, 9.17) is 9.84 Å². The van der Waals surface area contributed by atoms with Crippen LogP contribution in [-0.2, 0) is 11.2 Å². The van der Waals surface area contributed by atoms with Crippen molar-refractivity contribution in [2.75, 3.05) is 44.0 Å². The van der Waals surface area contributed by atoms with Crippen LogP contribution in [0, 0.1) is 0 Å². The van der Waals surface area contributed by atoms with Gasteiger partial charge in [-0.25, -0.2) is 4.98 Å². The van der Waals surface area contributed by atoms with E-state index in [0.717, 1.165) is 35.4 Å². The topological polar surface area (TPSA) is 79.3 Å². The molecule has 0 fully saturated rings. The maximum absolute atomic E-state index is 8.64. The number of thiophene rings is 1. The van der Waals surface area contributed by atoms with E-state index in [1.807, 2.05) is 7.05 Å². The lowest BCUT2D eigenvalue weighted by Gasteiger charge is -2.08. The molecule has 6 nitrogen and oxygen atoms in total. The van der Waals surface area contributed by atoms with E-state index in [1.54, 1.807) is 11.3 Å². The lowest BCUT2D eigenvalue weighted by molar-refractivity contribution is 0.0922. The number of nitrogens with one attached hydrogen (secondary N) is 2. The van der Waals surface area contributed by atoms with Gasteiger partial charge in [0.1, 0.15) is 10.6 Å². The molecule has 0 spiro atoms. The Morgan fingerprint density at radius 3 is 2.90 bits per heavy atom. The van der Waals surface area contributed by atoms with Crippen molar-refractivity contribution in [3.63, 3.8) is 0 Å². The first-order valence-electron chi connectivity index (χ1n) is 7.19. The number of aliphatic hydroxyl groups excluding tert-OH is 1. The van der Waals surface area contributed by atoms with Gasteiger partial charge in [-0.2, -0.15) is 4.98 Å². The lowest BCUT2D eigenvalue weighted by Crippen LogP contribution is -2.09. The number of nitrogens with zero attached hydrogens (tertiary/aromatic N) is 2. The standard InChI is InChI=1S/C14H22N4O2S/c1-3-10-9-11-12(16-5-4-7-20-8-6-19)17-14(15-2)18-13(11)21-10/h9,19H,3-8H2,1-2H3,(H2,15,16,17,18). The summed E-state index contributed by atoms with van der Waals surface area (Å²) in [5, 5.41) is 16.1. The third kappa shape index (κ3) is 4.26. The number of hydrogen-bond donors (Lipinski definition) is 3. The van der Waals surface area contributed by atoms with E-state index < -0.39 is 0 Å². The molecule has 2 rings (SSSR count). The average Bonchev–Trinajstić information content (AvgIpc) is 2.93. The SMILES string of the molecule is CCc1cc2c(NCCCOCCO)nc(NC)nc2s1. The Bertz CT molecular complexity index is 573. The minimum atomic E-state index is 0.0696. The summed E-state index contributed by atoms with van der Waals surface area (Å²) in [4.78, 5) is 11.3. The molecular formula is C14H22N4O2S. The number of aliphatic hydroxyl groups is 1. The lowest BCUT2D eigenvalue weighted by atomic mass is 10.3. The molecule has 0 aromatic carbocycles. The number of aryl methyl sites for hydroxylation is 1. The first kappa shape index (κ1) is 15.9. The van der Waals surface area contributed by atoms with Crippen LogP contribution < -0.4 is 10.6 Å². The second-order valence-electron chi connectivity index (χ2n) is 4.55. The summed E-state index contributed by atoms with van der Waals surface area (Å²) in [6.07, 6.45) is 1.87. The highest BCUT2D eigenvalue weighted by molar-refractivity contribution is 7.18. The molecule has 0 radical (unpaired) electrons. The van der Waals surface area contributed by atoms with Crippen molar-refractivity contribution in [2.45, 2.75) is 19.8 Å². The van der Waals surface area contributed by atoms with Gasteiger partial charge in [0.2, 0.25) is 5.95 Å². The number of hydrogen-bond acceptors (Lipinski definition) is 7. The van der Waals surface area contributed by atoms with Gasteiger partial charge in [-0.1, -0.05) is 6.92 Å². The second-order valence-corrected chi connectivity index (χ2v) is 5.66. The Balaban J connectivity index is 2.04. The number of aromatic nitrogens is 2. The molecule has 0 bridgehead atoms. The summed E-state index contributed by atoms with van der Waals surface area (Å²) >= 11 is 1.71. The zero-order valence-corrected chi connectivity index (χ0v) is 13.3. The van der Waals surface area contributed by atoms with Crippen molar-refractivity contribution in [1.29, 1.82) is 0 Å². The van der Waals surface area contributed by atoms with Gasteiger partial charge in [0, 0.05) is 25.1 Å². The highest BCUT2D eigenvalue weighted by Gasteiger charge is 2.10. The molecule has 0 atom stereocenters. The van der Waals surface area contributed by atoms with Crippen molar-refractivity contribution < 1.29 is 9.84 Å². The molecule has 0 aliphatic heterocycles. The van der Waals surface area contributed by atoms with Gasteiger partial charge in [0.15, 0.2) is 0 Å². The molecule has 0 amide bonds. The minimum Gasteiger partial charge on any atom is -0.394 e. The van der Waals surface area contributed by atoms with Crippen LogP contribution in [0.1, 0.15) is 18.2 Å². The van der Waals surface area contributed by atoms with Crippen molar-refractivity contribution in [3.05, 3.63) is 10.9 Å². The normalized spacial score (nSPS) is 11.0. The Hall–Kier alpha value is -1.44. The largest absolute Gasteiger partial charge is 0.394 e. The van der Waals surface area contributed by atoms with E-state index in [2.05, 4.69) is 33.6 Å². The van der Waals surface area contributed by atoms with Gasteiger partial charge in [-0.05, 0) is 18.9 Å². The first-order chi connectivity index (χ1) is 10.3. The molecule has 116 valence electrons. The van der Waals surface area contributed by atoms with Gasteiger partial charge in [0.25, 0.3) is 0 Å². The minimum absolute atomic E-state index is 0.0696. The van der Waals surface area contributed by atoms with Crippen LogP contribution >= 0.6 is 11.3 Å². The number of anilines is 2. The first-order valence-corrected chi connectivity index (χ1v) is 8.00. The van der Waals surface area contributed by atoms with Gasteiger partial charge < -0.3 is 20.5 Å². The van der Waals surface area contributed by atoms with Crippen molar-refractivity contribution >= 4 is 33.3 Å². The molecular weight excluding hydrogens is 288 g/mol. The predicted molar refractivity (Wildman–Crippen MR) is 87.4 cm³/mol. The quantitative estimate of drug-likeness (QED) is 0.616. The van der Waals surface area contributed by atoms with Crippen molar-refractivity contribution in [1.82, 2.24) is 9.97 Å². The van der Waals surface area contributed by atoms with E-state index >= 15 is 0 Å². The van der Waals surface area contributed by atoms with Crippen molar-refractivity contribution in [2.24, 2.45) is 0 Å². The molecule has 2 aromatic rings. The Morgan fingerprint density at radius 2 is 2.19 bits per heavy atom. The van der Waals surface area contributed by atoms with E-state index in [0.29, 0.717) is 19.2 Å². The van der Waals surface area contributed by atoms with E-state index in [1.165, 1.54) is 4.88 Å². The number of ether oxygens (including phenoxy) is 1. The van der Waals surface area contributed by atoms with Crippen LogP contribution in [0.2, 0.25) is 0 Å². The molecule has 0 saturated carbocycles. The van der Waals surface area contributed by atoms with Crippen LogP contribution in [0.3, 0.4) is 0 Å². The van der Waals surface area contributed by atoms with E-state index in [9.17, 15) is 0 Å². The van der Waals surface area contributed by atoms with Gasteiger partial charge in [0.05, 0.1) is 18.6 Å². The Morgan fingerprint density at radius 1 is 1.33 bits per heavy atom. The highest BCUT2D eigenvalue weighted by Crippen LogP contribution is 2.30. The molecule has 2 aromatic heterocycles. The molecule has 0 aliphatic rings. The third-order valence-electron chi connectivity index (χ3n) is 3.01. The van der Waals surface area contributed by atoms with Crippen LogP contribution in [0.5, 0.6) is 0 Å². The van der Waals surface area contributed by atoms with Crippen LogP contribution in [0.15, 0.2) is 6.07 Å². The maximum atomic E-state index is 8.64. The zero-order valence-electron chi connectivity index (χ0n) is 12.5. The van der Waals surface area contributed by atoms with Crippen LogP contribution in [-0.4, -0.2) is 48.5 Å². The third-order valence-corrected chi connectivity index (χ3v) is 4.18. The van der Waals surface area contributed by atoms with Crippen molar-refractivity contribution in [3.8, 4) is 0 Å². The molecule has 0 saturated heterocycles. The number of rotatable bonds is 9. The summed E-state index contributed by atoms with van der Waals surface area (Å²) < 4.78 is 5.24. The Labute approximate surface area is 128 Å². The van der Waals surface area contributed by atoms with Crippen LogP contribution in [0.25, 0.3) is 10.2 Å². The van der Waals surface area contributed by atoms with Crippen LogP contribution in [0.4, 0.5) is 11.8 Å². The fourth-order valence-electron chi connectivity index (χ4n) is 1.94. The molecule has 0 unspecified atom stereocenters. The molecule has 2 heterocycles. The van der Waals surface area contributed by atoms with Gasteiger partial charge >= 0.3 is 0 Å². The summed E-state index contributed by atoms with van der Waals surface area (Å²) in [5.41, 5.74) is 0. The molecule has 21 heavy (non-hydrogen) atoms. The monoisotopic (exact) mass is 310 g/mol. The fraction of sp³-hybridized carbons (Fsp3) is 0.571. The highest BCUT2D eigenvalue weighted by atomic mass is 32.1. The summed E-state index contributed by atoms with van der Waals surface area (Å²) in [7, 11) is 1.82. The predicted octanol–water partition coefficient (Wildman–Crippen LogP) is 2.11. The smallest absolute Gasteiger partial charge is 0.225 e. The van der Waals surface area contributed by atoms with Gasteiger partial charge in [-0.3, -0.25) is 0 Å². The molecule has 0 aliphatic carbocycles.